The van der Waals surface area contributed by atoms with Crippen molar-refractivity contribution in [3.05, 3.63) is 88.7 Å². The van der Waals surface area contributed by atoms with E-state index in [1.54, 1.807) is 12.1 Å². The number of para-hydroxylation sites is 1. The molecule has 2 heterocycles. The molecule has 4 rings (SSSR count). The van der Waals surface area contributed by atoms with E-state index in [0.29, 0.717) is 6.20 Å². The van der Waals surface area contributed by atoms with Crippen molar-refractivity contribution in [3.8, 4) is 5.75 Å². The van der Waals surface area contributed by atoms with E-state index < -0.39 is 74.1 Å². The summed E-state index contributed by atoms with van der Waals surface area (Å²) in [6.45, 7) is -0.0860. The van der Waals surface area contributed by atoms with Crippen LogP contribution in [0.5, 0.6) is 5.75 Å². The Morgan fingerprint density at radius 2 is 1.79 bits per heavy atom. The monoisotopic (exact) mass is 613 g/mol. The van der Waals surface area contributed by atoms with E-state index in [-0.39, 0.29) is 15.9 Å². The van der Waals surface area contributed by atoms with Crippen LogP contribution in [0.15, 0.2) is 71.7 Å². The maximum absolute atomic E-state index is 15.0. The third-order valence-corrected chi connectivity index (χ3v) is 7.27. The van der Waals surface area contributed by atoms with Gasteiger partial charge in [-0.05, 0) is 31.2 Å². The first-order chi connectivity index (χ1) is 19.8. The van der Waals surface area contributed by atoms with Crippen molar-refractivity contribution in [2.75, 3.05) is 11.9 Å². The Kier molecular flexibility index (Phi) is 9.13. The molecule has 13 nitrogen and oxygen atoms in total. The number of aliphatic carboxylic acids is 1. The van der Waals surface area contributed by atoms with Gasteiger partial charge in [0.25, 0.3) is 5.91 Å². The number of hydrogen-bond donors (Lipinski definition) is 3. The molecule has 0 aliphatic carbocycles. The van der Waals surface area contributed by atoms with Gasteiger partial charge < -0.3 is 24.8 Å². The number of nitrogens with one attached hydrogen (secondary N) is 1. The normalized spacial score (nSPS) is 21.7. The molecule has 0 saturated carbocycles. The van der Waals surface area contributed by atoms with E-state index in [1.165, 1.54) is 48.5 Å². The molecule has 1 saturated heterocycles. The molecule has 1 unspecified atom stereocenters. The number of aliphatic hydroxyl groups excluding tert-OH is 1. The number of phosphoric acid groups is 1. The molecule has 1 aromatic heterocycles. The van der Waals surface area contributed by atoms with Crippen LogP contribution in [0.4, 0.5) is 19.0 Å². The van der Waals surface area contributed by atoms with E-state index in [1.807, 2.05) is 0 Å². The molecule has 1 aliphatic rings. The number of ether oxygens (including phenoxy) is 1. The topological polar surface area (TPSA) is 176 Å². The number of rotatable bonds is 11. The van der Waals surface area contributed by atoms with Gasteiger partial charge >= 0.3 is 25.4 Å². The molecule has 3 N–H and O–H groups in total. The number of nitrogens with zero attached hydrogens (tertiary/aromatic N) is 2. The zero-order chi connectivity index (χ0) is 30.7. The first kappa shape index (κ1) is 30.9. The summed E-state index contributed by atoms with van der Waals surface area (Å²) in [5.41, 5.74) is -1.36. The van der Waals surface area contributed by atoms with Gasteiger partial charge in [-0.2, -0.15) is 13.8 Å². The molecule has 0 radical (unpaired) electrons. The van der Waals surface area contributed by atoms with Crippen LogP contribution >= 0.6 is 7.82 Å². The molecule has 1 fully saturated rings. The molecule has 3 aromatic rings. The molecule has 2 aromatic carbocycles. The number of hydrogen-bond acceptors (Lipinski definition) is 10. The van der Waals surface area contributed by atoms with Gasteiger partial charge in [-0.25, -0.2) is 18.5 Å². The SMILES string of the molecule is C[C@H](OP(=O)(OC[C@H]1O[C@@H](n2cc(F)c(NC(=O)c3ccccc3)nc2=O)C(F)(F)[C@@H]1O)Oc1ccccc1)C(=O)O. The Bertz CT molecular complexity index is 1540. The second-order valence-electron chi connectivity index (χ2n) is 8.83. The highest BCUT2D eigenvalue weighted by atomic mass is 31.2. The van der Waals surface area contributed by atoms with Crippen molar-refractivity contribution in [1.29, 1.82) is 0 Å². The lowest BCUT2D eigenvalue weighted by Crippen LogP contribution is -2.42. The molecule has 5 atom stereocenters. The maximum atomic E-state index is 15.0. The number of carboxylic acids is 1. The molecular formula is C25H23F3N3O10P. The number of carbonyl (C=O) groups excluding carboxylic acids is 1. The van der Waals surface area contributed by atoms with Crippen LogP contribution in [0.1, 0.15) is 23.5 Å². The Balaban J connectivity index is 1.52. The number of phosphoric ester groups is 1. The third kappa shape index (κ3) is 6.86. The molecule has 1 aliphatic heterocycles. The van der Waals surface area contributed by atoms with Crippen LogP contribution < -0.4 is 15.5 Å². The van der Waals surface area contributed by atoms with Gasteiger partial charge in [0.1, 0.15) is 11.9 Å². The fraction of sp³-hybridized carbons (Fsp3) is 0.280. The van der Waals surface area contributed by atoms with Crippen molar-refractivity contribution in [2.45, 2.75) is 37.4 Å². The van der Waals surface area contributed by atoms with E-state index in [2.05, 4.69) is 10.3 Å². The Morgan fingerprint density at radius 3 is 2.40 bits per heavy atom. The van der Waals surface area contributed by atoms with Crippen LogP contribution in [0.25, 0.3) is 0 Å². The minimum Gasteiger partial charge on any atom is -0.479 e. The summed E-state index contributed by atoms with van der Waals surface area (Å²) in [6, 6.07) is 14.7. The highest BCUT2D eigenvalue weighted by Gasteiger charge is 2.60. The van der Waals surface area contributed by atoms with Crippen LogP contribution in [-0.4, -0.2) is 62.5 Å². The molecule has 0 spiro atoms. The van der Waals surface area contributed by atoms with E-state index in [9.17, 15) is 28.4 Å². The van der Waals surface area contributed by atoms with Crippen LogP contribution in [0, 0.1) is 5.82 Å². The Hall–Kier alpha value is -4.08. The van der Waals surface area contributed by atoms with E-state index in [4.69, 9.17) is 23.4 Å². The smallest absolute Gasteiger partial charge is 0.479 e. The number of halogens is 3. The molecule has 0 bridgehead atoms. The minimum absolute atomic E-state index is 0.0692. The van der Waals surface area contributed by atoms with Gasteiger partial charge in [-0.15, -0.1) is 0 Å². The Labute approximate surface area is 235 Å². The zero-order valence-corrected chi connectivity index (χ0v) is 22.4. The van der Waals surface area contributed by atoms with Crippen molar-refractivity contribution < 1.29 is 55.8 Å². The Morgan fingerprint density at radius 1 is 1.17 bits per heavy atom. The number of aromatic nitrogens is 2. The first-order valence-corrected chi connectivity index (χ1v) is 13.5. The van der Waals surface area contributed by atoms with Gasteiger partial charge in [-0.3, -0.25) is 18.4 Å². The van der Waals surface area contributed by atoms with Crippen LogP contribution in [0.2, 0.25) is 0 Å². The average molecular weight is 613 g/mol. The number of alkyl halides is 2. The van der Waals surface area contributed by atoms with Gasteiger partial charge in [-0.1, -0.05) is 36.4 Å². The van der Waals surface area contributed by atoms with Gasteiger partial charge in [0.2, 0.25) is 6.23 Å². The molecular weight excluding hydrogens is 590 g/mol. The number of aliphatic hydroxyl groups is 1. The standard InChI is InChI=1S/C25H23F3N3O10P/c1-14(22(34)35)40-42(37,41-16-10-6-3-7-11-16)38-13-18-19(32)25(27,28)23(39-18)31-12-17(26)20(30-24(31)36)29-21(33)15-8-4-2-5-9-15/h2-12,14,18-19,23,32H,13H2,1H3,(H,34,35)(H,29,30,33,36)/t14-,18+,19+,23+,42?/m0/s1. The van der Waals surface area contributed by atoms with Crippen molar-refractivity contribution in [2.24, 2.45) is 0 Å². The second-order valence-corrected chi connectivity index (χ2v) is 10.4. The molecule has 224 valence electrons. The summed E-state index contributed by atoms with van der Waals surface area (Å²) in [5, 5.41) is 21.4. The molecule has 42 heavy (non-hydrogen) atoms. The van der Waals surface area contributed by atoms with Crippen molar-refractivity contribution >= 4 is 25.5 Å². The van der Waals surface area contributed by atoms with Crippen LogP contribution in [-0.2, 0) is 23.1 Å². The third-order valence-electron chi connectivity index (χ3n) is 5.80. The predicted octanol–water partition coefficient (Wildman–Crippen LogP) is 3.22. The highest BCUT2D eigenvalue weighted by molar-refractivity contribution is 7.49. The molecule has 1 amide bonds. The van der Waals surface area contributed by atoms with Gasteiger partial charge in [0, 0.05) is 5.56 Å². The maximum Gasteiger partial charge on any atom is 0.530 e. The lowest BCUT2D eigenvalue weighted by atomic mass is 10.1. The predicted molar refractivity (Wildman–Crippen MR) is 137 cm³/mol. The number of carboxylic acid groups (broad SMARTS) is 1. The van der Waals surface area contributed by atoms with E-state index in [0.717, 1.165) is 6.92 Å². The summed E-state index contributed by atoms with van der Waals surface area (Å²) in [4.78, 5) is 39.4. The fourth-order valence-corrected chi connectivity index (χ4v) is 5.01. The average Bonchev–Trinajstić information content (AvgIpc) is 3.18. The zero-order valence-electron chi connectivity index (χ0n) is 21.5. The van der Waals surface area contributed by atoms with Gasteiger partial charge in [0.15, 0.2) is 23.8 Å². The number of anilines is 1. The number of carbonyl (C=O) groups is 2. The largest absolute Gasteiger partial charge is 0.530 e. The second kappa shape index (κ2) is 12.4. The summed E-state index contributed by atoms with van der Waals surface area (Å²) in [6.07, 6.45) is -8.70. The van der Waals surface area contributed by atoms with Gasteiger partial charge in [0.05, 0.1) is 12.8 Å². The number of amides is 1. The number of benzene rings is 2. The summed E-state index contributed by atoms with van der Waals surface area (Å²) in [5.74, 6) is -8.89. The summed E-state index contributed by atoms with van der Waals surface area (Å²) >= 11 is 0. The van der Waals surface area contributed by atoms with E-state index >= 15 is 8.78 Å². The summed E-state index contributed by atoms with van der Waals surface area (Å²) < 4.78 is 78.3. The first-order valence-electron chi connectivity index (χ1n) is 12.1. The fourth-order valence-electron chi connectivity index (χ4n) is 3.67. The van der Waals surface area contributed by atoms with Crippen molar-refractivity contribution in [1.82, 2.24) is 9.55 Å². The highest BCUT2D eigenvalue weighted by Crippen LogP contribution is 2.52. The quantitative estimate of drug-likeness (QED) is 0.271. The lowest BCUT2D eigenvalue weighted by molar-refractivity contribution is -0.145. The molecule has 17 heteroatoms. The lowest BCUT2D eigenvalue weighted by Gasteiger charge is -2.22. The minimum atomic E-state index is -4.82. The summed E-state index contributed by atoms with van der Waals surface area (Å²) in [7, 11) is -4.82. The van der Waals surface area contributed by atoms with Crippen LogP contribution in [0.3, 0.4) is 0 Å². The van der Waals surface area contributed by atoms with Crippen molar-refractivity contribution in [3.63, 3.8) is 0 Å².